The van der Waals surface area contributed by atoms with Gasteiger partial charge in [0.1, 0.15) is 24.1 Å². The van der Waals surface area contributed by atoms with E-state index >= 15 is 0 Å². The third-order valence-electron chi connectivity index (χ3n) is 4.29. The predicted molar refractivity (Wildman–Crippen MR) is 109 cm³/mol. The maximum absolute atomic E-state index is 11.9. The van der Waals surface area contributed by atoms with Crippen LogP contribution in [0.3, 0.4) is 0 Å². The number of hydrogen-bond acceptors (Lipinski definition) is 7. The number of aliphatic hydroxyl groups excluding tert-OH is 2. The third kappa shape index (κ3) is 5.81. The first-order valence-corrected chi connectivity index (χ1v) is 9.92. The fourth-order valence-corrected chi connectivity index (χ4v) is 3.12. The minimum Gasteiger partial charge on any atom is -0.508 e. The molecule has 29 heavy (non-hydrogen) atoms. The number of phenolic OH excluding ortho intramolecular Hbond substituents is 1. The van der Waals surface area contributed by atoms with Crippen molar-refractivity contribution in [1.29, 1.82) is 0 Å². The Morgan fingerprint density at radius 1 is 1.28 bits per heavy atom. The van der Waals surface area contributed by atoms with E-state index in [1.165, 1.54) is 30.3 Å². The second-order valence-electron chi connectivity index (χ2n) is 6.21. The quantitative estimate of drug-likeness (QED) is 0.0873. The number of rotatable bonds is 7. The van der Waals surface area contributed by atoms with Crippen molar-refractivity contribution in [2.75, 3.05) is 11.0 Å². The molecule has 1 aliphatic heterocycles. The fraction of sp³-hybridized carbons (Fsp3) is 0.412. The lowest BCUT2D eigenvalue weighted by molar-refractivity contribution is -0.176. The van der Waals surface area contributed by atoms with Crippen molar-refractivity contribution in [3.05, 3.63) is 45.8 Å². The summed E-state index contributed by atoms with van der Waals surface area (Å²) in [5.41, 5.74) is 8.63. The zero-order valence-corrected chi connectivity index (χ0v) is 17.1. The van der Waals surface area contributed by atoms with Crippen molar-refractivity contribution in [2.24, 2.45) is 5.11 Å². The number of hydrogen-bond donors (Lipinski definition) is 5. The number of amides is 1. The highest BCUT2D eigenvalue weighted by Crippen LogP contribution is 2.28. The number of nitrogens with one attached hydrogen (secondary N) is 1. The van der Waals surface area contributed by atoms with Crippen LogP contribution in [0.15, 0.2) is 35.0 Å². The Labute approximate surface area is 178 Å². The predicted octanol–water partition coefficient (Wildman–Crippen LogP) is 0.579. The summed E-state index contributed by atoms with van der Waals surface area (Å²) in [6.45, 7) is -0.343. The van der Waals surface area contributed by atoms with Gasteiger partial charge in [-0.3, -0.25) is 4.79 Å². The van der Waals surface area contributed by atoms with Crippen LogP contribution in [-0.4, -0.2) is 73.7 Å². The number of aliphatic hydroxyl groups is 2. The van der Waals surface area contributed by atoms with Gasteiger partial charge in [0.05, 0.1) is 28.7 Å². The summed E-state index contributed by atoms with van der Waals surface area (Å²) < 4.78 is 5.70. The van der Waals surface area contributed by atoms with E-state index in [0.29, 0.717) is 5.56 Å². The van der Waals surface area contributed by atoms with Gasteiger partial charge in [0.25, 0.3) is 0 Å². The van der Waals surface area contributed by atoms with Crippen LogP contribution in [0.2, 0.25) is 0 Å². The van der Waals surface area contributed by atoms with E-state index in [0.717, 1.165) is 0 Å². The van der Waals surface area contributed by atoms with Crippen molar-refractivity contribution in [1.82, 2.24) is 5.32 Å². The molecule has 5 atom stereocenters. The van der Waals surface area contributed by atoms with E-state index in [1.807, 2.05) is 0 Å². The van der Waals surface area contributed by atoms with Crippen LogP contribution in [0, 0.1) is 0 Å². The summed E-state index contributed by atoms with van der Waals surface area (Å²) in [6.07, 6.45) is -4.33. The molecule has 0 radical (unpaired) electrons. The van der Waals surface area contributed by atoms with E-state index in [4.69, 9.17) is 10.3 Å². The molecule has 2 rings (SSSR count). The van der Waals surface area contributed by atoms with Gasteiger partial charge >= 0.3 is 5.97 Å². The first-order chi connectivity index (χ1) is 13.8. The number of benzene rings is 1. The molecule has 5 N–H and O–H groups in total. The van der Waals surface area contributed by atoms with Crippen molar-refractivity contribution >= 4 is 40.5 Å². The molecule has 1 amide bonds. The number of alkyl halides is 1. The van der Waals surface area contributed by atoms with Crippen LogP contribution < -0.4 is 5.32 Å². The lowest BCUT2D eigenvalue weighted by Crippen LogP contribution is -2.65. The molecule has 1 heterocycles. The van der Waals surface area contributed by atoms with Gasteiger partial charge < -0.3 is 30.5 Å². The number of aliphatic carboxylic acids is 1. The molecular weight excluding hydrogens is 499 g/mol. The van der Waals surface area contributed by atoms with Gasteiger partial charge in [0.15, 0.2) is 0 Å². The number of ether oxygens (including phenoxy) is 1. The SMILES string of the molecule is [N-]=[N+]=NC[C@H]1O[C@@H](/C(=C\c2ccc(O)cc2)C(=O)O)[C@H](NC(=O)CI)[C@@H](O)[C@H]1O. The van der Waals surface area contributed by atoms with Crippen LogP contribution in [0.5, 0.6) is 5.75 Å². The van der Waals surface area contributed by atoms with E-state index < -0.39 is 42.3 Å². The maximum Gasteiger partial charge on any atom is 0.334 e. The van der Waals surface area contributed by atoms with Gasteiger partial charge in [-0.05, 0) is 29.3 Å². The third-order valence-corrected chi connectivity index (χ3v) is 4.98. The van der Waals surface area contributed by atoms with Gasteiger partial charge in [-0.15, -0.1) is 0 Å². The number of carboxylic acids is 1. The number of azide groups is 1. The van der Waals surface area contributed by atoms with Gasteiger partial charge in [-0.2, -0.15) is 0 Å². The monoisotopic (exact) mass is 518 g/mol. The second-order valence-corrected chi connectivity index (χ2v) is 6.98. The highest BCUT2D eigenvalue weighted by molar-refractivity contribution is 14.1. The van der Waals surface area contributed by atoms with Gasteiger partial charge in [0.2, 0.25) is 5.91 Å². The number of halogens is 1. The standard InChI is InChI=1S/C17H19IN4O7/c18-6-12(24)21-13-15(26)14(25)11(7-20-22-19)29-16(13)10(17(27)28)5-8-1-3-9(23)4-2-8/h1-5,11,13-16,23,25-26H,6-7H2,(H,21,24)(H,27,28)/b10-5+/t11-,13-,14+,15-,16+/m1/s1. The first kappa shape index (κ1) is 22.9. The van der Waals surface area contributed by atoms with Crippen molar-refractivity contribution < 1.29 is 34.8 Å². The molecule has 1 aromatic carbocycles. The first-order valence-electron chi connectivity index (χ1n) is 8.40. The number of carbonyl (C=O) groups excluding carboxylic acids is 1. The molecule has 0 spiro atoms. The molecule has 12 heteroatoms. The molecule has 11 nitrogen and oxygen atoms in total. The lowest BCUT2D eigenvalue weighted by Gasteiger charge is -2.43. The fourth-order valence-electron chi connectivity index (χ4n) is 2.90. The average Bonchev–Trinajstić information content (AvgIpc) is 2.70. The number of phenols is 1. The Morgan fingerprint density at radius 3 is 2.48 bits per heavy atom. The average molecular weight is 518 g/mol. The van der Waals surface area contributed by atoms with E-state index in [1.54, 1.807) is 22.6 Å². The number of nitrogens with zero attached hydrogens (tertiary/aromatic N) is 3. The van der Waals surface area contributed by atoms with Crippen molar-refractivity contribution in [3.8, 4) is 5.75 Å². The van der Waals surface area contributed by atoms with Crippen LogP contribution in [0.25, 0.3) is 16.5 Å². The Morgan fingerprint density at radius 2 is 1.93 bits per heavy atom. The number of carboxylic acid groups (broad SMARTS) is 1. The van der Waals surface area contributed by atoms with Crippen LogP contribution in [0.4, 0.5) is 0 Å². The minimum absolute atomic E-state index is 0.00639. The molecule has 1 saturated heterocycles. The van der Waals surface area contributed by atoms with Crippen molar-refractivity contribution in [2.45, 2.75) is 30.5 Å². The largest absolute Gasteiger partial charge is 0.508 e. The molecule has 0 aromatic heterocycles. The Kier molecular flexibility index (Phi) is 8.22. The molecule has 1 aromatic rings. The Hall–Kier alpha value is -2.38. The normalized spacial score (nSPS) is 27.0. The highest BCUT2D eigenvalue weighted by atomic mass is 127. The maximum atomic E-state index is 11.9. The van der Waals surface area contributed by atoms with Crippen LogP contribution in [0.1, 0.15) is 5.56 Å². The molecule has 0 bridgehead atoms. The molecule has 156 valence electrons. The summed E-state index contributed by atoms with van der Waals surface area (Å²) in [7, 11) is 0. The molecular formula is C17H19IN4O7. The summed E-state index contributed by atoms with van der Waals surface area (Å²) in [6, 6.07) is 4.43. The van der Waals surface area contributed by atoms with Gasteiger partial charge in [-0.1, -0.05) is 39.8 Å². The molecule has 0 saturated carbocycles. The molecule has 0 unspecified atom stereocenters. The summed E-state index contributed by atoms with van der Waals surface area (Å²) >= 11 is 1.80. The Bertz CT molecular complexity index is 826. The molecule has 1 fully saturated rings. The summed E-state index contributed by atoms with van der Waals surface area (Å²) in [4.78, 5) is 26.4. The van der Waals surface area contributed by atoms with Crippen LogP contribution in [-0.2, 0) is 14.3 Å². The second kappa shape index (κ2) is 10.4. The smallest absolute Gasteiger partial charge is 0.334 e. The van der Waals surface area contributed by atoms with Gasteiger partial charge in [-0.25, -0.2) is 4.79 Å². The van der Waals surface area contributed by atoms with Crippen LogP contribution >= 0.6 is 22.6 Å². The summed E-state index contributed by atoms with van der Waals surface area (Å²) in [5.74, 6) is -1.87. The molecule has 0 aliphatic carbocycles. The topological polar surface area (TPSA) is 185 Å². The van der Waals surface area contributed by atoms with E-state index in [2.05, 4.69) is 15.3 Å². The zero-order valence-electron chi connectivity index (χ0n) is 14.9. The number of carbonyl (C=O) groups is 2. The minimum atomic E-state index is -1.57. The van der Waals surface area contributed by atoms with Gasteiger partial charge in [0, 0.05) is 4.91 Å². The highest BCUT2D eigenvalue weighted by Gasteiger charge is 2.47. The lowest BCUT2D eigenvalue weighted by atomic mass is 9.88. The van der Waals surface area contributed by atoms with E-state index in [-0.39, 0.29) is 22.3 Å². The molecule has 1 aliphatic rings. The van der Waals surface area contributed by atoms with E-state index in [9.17, 15) is 30.0 Å². The Balaban J connectivity index is 2.48. The zero-order chi connectivity index (χ0) is 21.6. The van der Waals surface area contributed by atoms with Crippen molar-refractivity contribution in [3.63, 3.8) is 0 Å². The summed E-state index contributed by atoms with van der Waals surface area (Å²) in [5, 5.41) is 45.7. The number of aromatic hydroxyl groups is 1.